The minimum absolute atomic E-state index is 0.0282. The highest BCUT2D eigenvalue weighted by Crippen LogP contribution is 2.15. The number of fused-ring (bicyclic) bond motifs is 1. The van der Waals surface area contributed by atoms with Gasteiger partial charge in [-0.1, -0.05) is 0 Å². The molecule has 3 heterocycles. The lowest BCUT2D eigenvalue weighted by atomic mass is 10.3. The second kappa shape index (κ2) is 10.6. The zero-order chi connectivity index (χ0) is 22.3. The van der Waals surface area contributed by atoms with Crippen LogP contribution in [0.5, 0.6) is 0 Å². The van der Waals surface area contributed by atoms with Crippen LogP contribution >= 0.6 is 0 Å². The normalized spacial score (nSPS) is 17.6. The molecule has 1 aromatic rings. The molecule has 0 saturated carbocycles. The van der Waals surface area contributed by atoms with Gasteiger partial charge in [-0.2, -0.15) is 13.2 Å². The number of hydrogen-bond acceptors (Lipinski definition) is 5. The van der Waals surface area contributed by atoms with Crippen LogP contribution in [0.2, 0.25) is 0 Å². The number of alkyl halides is 3. The number of carbonyl (C=O) groups is 2. The number of amides is 2. The second-order valence-corrected chi connectivity index (χ2v) is 7.35. The number of rotatable bonds is 3. The minimum atomic E-state index is -5.08. The van der Waals surface area contributed by atoms with Gasteiger partial charge in [-0.05, 0) is 13.8 Å². The fourth-order valence-corrected chi connectivity index (χ4v) is 3.15. The molecule has 0 aromatic carbocycles. The predicted octanol–water partition coefficient (Wildman–Crippen LogP) is 1.32. The van der Waals surface area contributed by atoms with Crippen molar-refractivity contribution in [1.82, 2.24) is 24.7 Å². The molecular weight excluding hydrogens is 407 g/mol. The van der Waals surface area contributed by atoms with Crippen LogP contribution in [0.3, 0.4) is 0 Å². The maximum atomic E-state index is 12.2. The summed E-state index contributed by atoms with van der Waals surface area (Å²) in [6, 6.07) is 0.195. The van der Waals surface area contributed by atoms with Gasteiger partial charge in [0.2, 0.25) is 0 Å². The molecule has 1 fully saturated rings. The van der Waals surface area contributed by atoms with E-state index in [0.717, 1.165) is 64.7 Å². The fourth-order valence-electron chi connectivity index (χ4n) is 3.15. The average Bonchev–Trinajstić information content (AvgIpc) is 2.90. The standard InChI is InChI=1S/C16H27N5O2.C2HF3O2/c1-13(2)18-16(22)20-4-3-15-17-11-14(21(15)6-5-20)12-19-7-9-23-10-8-19;3-2(4,5)1(6)7/h11,13H,3-10,12H2,1-2H3,(H,18,22);(H,6,7). The number of ether oxygens (including phenoxy) is 1. The lowest BCUT2D eigenvalue weighted by molar-refractivity contribution is -0.192. The molecule has 2 amide bonds. The first-order valence-corrected chi connectivity index (χ1v) is 9.77. The van der Waals surface area contributed by atoms with Crippen LogP contribution in [-0.2, 0) is 29.0 Å². The van der Waals surface area contributed by atoms with Crippen molar-refractivity contribution in [1.29, 1.82) is 0 Å². The molecule has 1 aromatic heterocycles. The van der Waals surface area contributed by atoms with Crippen LogP contribution in [0, 0.1) is 0 Å². The summed E-state index contributed by atoms with van der Waals surface area (Å²) in [6.07, 6.45) is -2.27. The molecule has 2 aliphatic heterocycles. The second-order valence-electron chi connectivity index (χ2n) is 7.35. The zero-order valence-corrected chi connectivity index (χ0v) is 17.1. The maximum absolute atomic E-state index is 12.2. The van der Waals surface area contributed by atoms with E-state index < -0.39 is 12.1 Å². The van der Waals surface area contributed by atoms with E-state index in [1.807, 2.05) is 24.9 Å². The summed E-state index contributed by atoms with van der Waals surface area (Å²) < 4.78 is 39.4. The van der Waals surface area contributed by atoms with Crippen molar-refractivity contribution in [3.8, 4) is 0 Å². The van der Waals surface area contributed by atoms with Crippen molar-refractivity contribution in [2.45, 2.75) is 45.6 Å². The molecule has 2 N–H and O–H groups in total. The molecule has 0 unspecified atom stereocenters. The Morgan fingerprint density at radius 1 is 1.20 bits per heavy atom. The Bertz CT molecular complexity index is 717. The van der Waals surface area contributed by atoms with Crippen molar-refractivity contribution < 1.29 is 32.6 Å². The monoisotopic (exact) mass is 435 g/mol. The summed E-state index contributed by atoms with van der Waals surface area (Å²) >= 11 is 0. The molecule has 3 rings (SSSR count). The molecule has 0 radical (unpaired) electrons. The smallest absolute Gasteiger partial charge is 0.475 e. The molecule has 0 aliphatic carbocycles. The van der Waals surface area contributed by atoms with Gasteiger partial charge in [0.15, 0.2) is 0 Å². The van der Waals surface area contributed by atoms with Gasteiger partial charge in [0.25, 0.3) is 0 Å². The molecule has 0 bridgehead atoms. The Labute approximate surface area is 172 Å². The van der Waals surface area contributed by atoms with Crippen molar-refractivity contribution in [2.24, 2.45) is 0 Å². The van der Waals surface area contributed by atoms with Crippen LogP contribution < -0.4 is 5.32 Å². The number of aromatic nitrogens is 2. The van der Waals surface area contributed by atoms with Crippen LogP contribution in [0.4, 0.5) is 18.0 Å². The minimum Gasteiger partial charge on any atom is -0.475 e. The summed E-state index contributed by atoms with van der Waals surface area (Å²) in [5.74, 6) is -1.67. The third-order valence-electron chi connectivity index (χ3n) is 4.65. The lowest BCUT2D eigenvalue weighted by Gasteiger charge is -2.27. The van der Waals surface area contributed by atoms with Crippen LogP contribution in [0.1, 0.15) is 25.4 Å². The van der Waals surface area contributed by atoms with Crippen molar-refractivity contribution in [2.75, 3.05) is 39.4 Å². The molecule has 9 nitrogen and oxygen atoms in total. The van der Waals surface area contributed by atoms with E-state index in [2.05, 4.69) is 19.8 Å². The molecule has 12 heteroatoms. The van der Waals surface area contributed by atoms with Gasteiger partial charge in [0.05, 0.1) is 18.9 Å². The number of carboxylic acid groups (broad SMARTS) is 1. The third-order valence-corrected chi connectivity index (χ3v) is 4.65. The van der Waals surface area contributed by atoms with Crippen LogP contribution in [0.25, 0.3) is 0 Å². The molecular formula is C18H28F3N5O4. The quantitative estimate of drug-likeness (QED) is 0.743. The van der Waals surface area contributed by atoms with Gasteiger partial charge >= 0.3 is 18.2 Å². The molecule has 2 aliphatic rings. The Morgan fingerprint density at radius 3 is 2.40 bits per heavy atom. The highest BCUT2D eigenvalue weighted by atomic mass is 19.4. The number of hydrogen-bond donors (Lipinski definition) is 2. The largest absolute Gasteiger partial charge is 0.490 e. The summed E-state index contributed by atoms with van der Waals surface area (Å²) in [6.45, 7) is 10.7. The summed E-state index contributed by atoms with van der Waals surface area (Å²) in [5, 5.41) is 10.1. The van der Waals surface area contributed by atoms with Gasteiger partial charge in [0.1, 0.15) is 5.82 Å². The molecule has 0 spiro atoms. The van der Waals surface area contributed by atoms with Crippen molar-refractivity contribution in [3.63, 3.8) is 0 Å². The summed E-state index contributed by atoms with van der Waals surface area (Å²) in [4.78, 5) is 30.0. The van der Waals surface area contributed by atoms with E-state index in [1.54, 1.807) is 0 Å². The number of imidazole rings is 1. The lowest BCUT2D eigenvalue weighted by Crippen LogP contribution is -2.44. The number of nitrogens with zero attached hydrogens (tertiary/aromatic N) is 4. The first-order chi connectivity index (χ1) is 14.1. The van der Waals surface area contributed by atoms with Crippen LogP contribution in [0.15, 0.2) is 6.20 Å². The van der Waals surface area contributed by atoms with Crippen molar-refractivity contribution in [3.05, 3.63) is 17.7 Å². The van der Waals surface area contributed by atoms with Gasteiger partial charge in [0, 0.05) is 57.9 Å². The Morgan fingerprint density at radius 2 is 1.83 bits per heavy atom. The van der Waals surface area contributed by atoms with Crippen LogP contribution in [-0.4, -0.2) is 88.1 Å². The average molecular weight is 435 g/mol. The number of aliphatic carboxylic acids is 1. The first-order valence-electron chi connectivity index (χ1n) is 9.77. The molecule has 30 heavy (non-hydrogen) atoms. The van der Waals surface area contributed by atoms with E-state index in [9.17, 15) is 18.0 Å². The highest BCUT2D eigenvalue weighted by molar-refractivity contribution is 5.74. The number of morpholine rings is 1. The van der Waals surface area contributed by atoms with E-state index in [0.29, 0.717) is 0 Å². The third kappa shape index (κ3) is 7.17. The number of halogens is 3. The van der Waals surface area contributed by atoms with E-state index in [-0.39, 0.29) is 12.1 Å². The molecule has 1 saturated heterocycles. The maximum Gasteiger partial charge on any atom is 0.490 e. The number of urea groups is 1. The number of carbonyl (C=O) groups excluding carboxylic acids is 1. The Kier molecular flexibility index (Phi) is 8.47. The molecule has 170 valence electrons. The van der Waals surface area contributed by atoms with Gasteiger partial charge in [-0.25, -0.2) is 14.6 Å². The number of nitrogens with one attached hydrogen (secondary N) is 1. The van der Waals surface area contributed by atoms with E-state index in [4.69, 9.17) is 14.6 Å². The van der Waals surface area contributed by atoms with Gasteiger partial charge < -0.3 is 24.6 Å². The highest BCUT2D eigenvalue weighted by Gasteiger charge is 2.38. The summed E-state index contributed by atoms with van der Waals surface area (Å²) in [7, 11) is 0. The van der Waals surface area contributed by atoms with Gasteiger partial charge in [-0.15, -0.1) is 0 Å². The number of carboxylic acids is 1. The van der Waals surface area contributed by atoms with E-state index in [1.165, 1.54) is 5.69 Å². The summed E-state index contributed by atoms with van der Waals surface area (Å²) in [5.41, 5.74) is 1.24. The first kappa shape index (κ1) is 23.9. The van der Waals surface area contributed by atoms with Gasteiger partial charge in [-0.3, -0.25) is 4.90 Å². The topological polar surface area (TPSA) is 99.9 Å². The Balaban J connectivity index is 0.000000396. The fraction of sp³-hybridized carbons (Fsp3) is 0.722. The molecule has 0 atom stereocenters. The van der Waals surface area contributed by atoms with Crippen molar-refractivity contribution >= 4 is 12.0 Å². The zero-order valence-electron chi connectivity index (χ0n) is 17.1. The predicted molar refractivity (Wildman–Crippen MR) is 101 cm³/mol. The SMILES string of the molecule is CC(C)NC(=O)N1CCc2ncc(CN3CCOCC3)n2CC1.O=C(O)C(F)(F)F. The Hall–Kier alpha value is -2.34. The van der Waals surface area contributed by atoms with E-state index >= 15 is 0 Å².